The Bertz CT molecular complexity index is 281. The Morgan fingerprint density at radius 2 is 2.11 bits per heavy atom. The zero-order valence-corrected chi connectivity index (χ0v) is 11.7. The molecule has 4 heteroatoms. The normalized spacial score (nSPS) is 28.1. The Kier molecular flexibility index (Phi) is 5.82. The van der Waals surface area contributed by atoms with Gasteiger partial charge in [0.05, 0.1) is 19.8 Å². The molecule has 4 nitrogen and oxygen atoms in total. The molecule has 0 bridgehead atoms. The average molecular weight is 255 g/mol. The second-order valence-corrected chi connectivity index (χ2v) is 5.19. The van der Waals surface area contributed by atoms with Gasteiger partial charge in [-0.3, -0.25) is 10.1 Å². The fraction of sp³-hybridized carbons (Fsp3) is 0.786. The number of hydrogen-bond donors (Lipinski definition) is 1. The molecule has 0 aliphatic heterocycles. The minimum atomic E-state index is -0.531. The predicted molar refractivity (Wildman–Crippen MR) is 71.4 cm³/mol. The van der Waals surface area contributed by atoms with Crippen LogP contribution in [-0.2, 0) is 14.3 Å². The Morgan fingerprint density at radius 3 is 2.56 bits per heavy atom. The first-order chi connectivity index (χ1) is 8.54. The van der Waals surface area contributed by atoms with Gasteiger partial charge >= 0.3 is 5.97 Å². The molecular formula is C14H25NO3. The van der Waals surface area contributed by atoms with Crippen LogP contribution >= 0.6 is 0 Å². The molecule has 1 fully saturated rings. The molecule has 1 aliphatic rings. The summed E-state index contributed by atoms with van der Waals surface area (Å²) in [4.78, 5) is 12.0. The van der Waals surface area contributed by atoms with Crippen LogP contribution in [0.1, 0.15) is 39.5 Å². The SMILES string of the molecule is C=CCOC1CCC(NC(C)C)(C(=O)OC)CC1. The molecule has 0 radical (unpaired) electrons. The lowest BCUT2D eigenvalue weighted by Crippen LogP contribution is -2.57. The summed E-state index contributed by atoms with van der Waals surface area (Å²) >= 11 is 0. The number of hydrogen-bond acceptors (Lipinski definition) is 4. The third kappa shape index (κ3) is 3.82. The van der Waals surface area contributed by atoms with E-state index in [2.05, 4.69) is 11.9 Å². The maximum absolute atomic E-state index is 12.0. The molecule has 0 unspecified atom stereocenters. The van der Waals surface area contributed by atoms with Gasteiger partial charge in [0.1, 0.15) is 5.54 Å². The van der Waals surface area contributed by atoms with Gasteiger partial charge in [0.15, 0.2) is 0 Å². The quantitative estimate of drug-likeness (QED) is 0.583. The van der Waals surface area contributed by atoms with Gasteiger partial charge in [0.25, 0.3) is 0 Å². The molecule has 0 aromatic carbocycles. The van der Waals surface area contributed by atoms with Crippen molar-refractivity contribution in [2.75, 3.05) is 13.7 Å². The minimum Gasteiger partial charge on any atom is -0.468 e. The van der Waals surface area contributed by atoms with Gasteiger partial charge in [-0.05, 0) is 39.5 Å². The van der Waals surface area contributed by atoms with Gasteiger partial charge in [0.2, 0.25) is 0 Å². The fourth-order valence-electron chi connectivity index (χ4n) is 2.61. The van der Waals surface area contributed by atoms with Crippen molar-refractivity contribution >= 4 is 5.97 Å². The lowest BCUT2D eigenvalue weighted by molar-refractivity contribution is -0.152. The van der Waals surface area contributed by atoms with E-state index >= 15 is 0 Å². The number of esters is 1. The number of carbonyl (C=O) groups is 1. The molecule has 0 heterocycles. The van der Waals surface area contributed by atoms with Crippen LogP contribution in [0.3, 0.4) is 0 Å². The van der Waals surface area contributed by atoms with Crippen LogP contribution in [-0.4, -0.2) is 37.4 Å². The first kappa shape index (κ1) is 15.2. The summed E-state index contributed by atoms with van der Waals surface area (Å²) in [5.74, 6) is -0.154. The molecule has 1 aliphatic carbocycles. The number of carbonyl (C=O) groups excluding carboxylic acids is 1. The van der Waals surface area contributed by atoms with E-state index in [0.717, 1.165) is 25.7 Å². The first-order valence-electron chi connectivity index (χ1n) is 6.62. The van der Waals surface area contributed by atoms with Gasteiger partial charge in [-0.25, -0.2) is 0 Å². The molecular weight excluding hydrogens is 230 g/mol. The van der Waals surface area contributed by atoms with E-state index in [9.17, 15) is 4.79 Å². The monoisotopic (exact) mass is 255 g/mol. The Labute approximate surface area is 110 Å². The van der Waals surface area contributed by atoms with Crippen LogP contribution in [0.4, 0.5) is 0 Å². The van der Waals surface area contributed by atoms with E-state index in [4.69, 9.17) is 9.47 Å². The largest absolute Gasteiger partial charge is 0.468 e. The number of nitrogens with one attached hydrogen (secondary N) is 1. The second kappa shape index (κ2) is 6.90. The van der Waals surface area contributed by atoms with E-state index in [1.54, 1.807) is 6.08 Å². The molecule has 1 rings (SSSR count). The van der Waals surface area contributed by atoms with Crippen molar-refractivity contribution in [2.45, 2.75) is 57.2 Å². The summed E-state index contributed by atoms with van der Waals surface area (Å²) in [6.45, 7) is 8.31. The highest BCUT2D eigenvalue weighted by molar-refractivity contribution is 5.81. The smallest absolute Gasteiger partial charge is 0.326 e. The summed E-state index contributed by atoms with van der Waals surface area (Å²) in [5, 5.41) is 3.37. The van der Waals surface area contributed by atoms with Crippen LogP contribution in [0.25, 0.3) is 0 Å². The molecule has 0 atom stereocenters. The molecule has 0 amide bonds. The fourth-order valence-corrected chi connectivity index (χ4v) is 2.61. The van der Waals surface area contributed by atoms with Crippen LogP contribution in [0.2, 0.25) is 0 Å². The van der Waals surface area contributed by atoms with Gasteiger partial charge < -0.3 is 9.47 Å². The summed E-state index contributed by atoms with van der Waals surface area (Å²) in [6, 6.07) is 0.259. The van der Waals surface area contributed by atoms with Gasteiger partial charge in [0, 0.05) is 6.04 Å². The molecule has 104 valence electrons. The van der Waals surface area contributed by atoms with Crippen LogP contribution in [0.15, 0.2) is 12.7 Å². The van der Waals surface area contributed by atoms with Crippen molar-refractivity contribution in [1.29, 1.82) is 0 Å². The molecule has 0 aromatic heterocycles. The maximum Gasteiger partial charge on any atom is 0.326 e. The van der Waals surface area contributed by atoms with E-state index < -0.39 is 5.54 Å². The van der Waals surface area contributed by atoms with E-state index in [1.807, 2.05) is 13.8 Å². The summed E-state index contributed by atoms with van der Waals surface area (Å²) in [7, 11) is 1.45. The van der Waals surface area contributed by atoms with Gasteiger partial charge in [-0.1, -0.05) is 6.08 Å². The van der Waals surface area contributed by atoms with Gasteiger partial charge in [-0.2, -0.15) is 0 Å². The number of rotatable bonds is 6. The number of ether oxygens (including phenoxy) is 2. The van der Waals surface area contributed by atoms with Crippen molar-refractivity contribution in [1.82, 2.24) is 5.32 Å². The van der Waals surface area contributed by atoms with E-state index in [-0.39, 0.29) is 18.1 Å². The molecule has 18 heavy (non-hydrogen) atoms. The van der Waals surface area contributed by atoms with Gasteiger partial charge in [-0.15, -0.1) is 6.58 Å². The zero-order chi connectivity index (χ0) is 13.6. The van der Waals surface area contributed by atoms with E-state index in [1.165, 1.54) is 7.11 Å². The summed E-state index contributed by atoms with van der Waals surface area (Å²) in [5.41, 5.74) is -0.531. The average Bonchev–Trinajstić information content (AvgIpc) is 2.36. The number of methoxy groups -OCH3 is 1. The summed E-state index contributed by atoms with van der Waals surface area (Å²) in [6.07, 6.45) is 5.27. The minimum absolute atomic E-state index is 0.154. The molecule has 1 N–H and O–H groups in total. The predicted octanol–water partition coefficient (Wildman–Crippen LogP) is 2.04. The van der Waals surface area contributed by atoms with Crippen LogP contribution < -0.4 is 5.32 Å². The Morgan fingerprint density at radius 1 is 1.50 bits per heavy atom. The molecule has 0 aromatic rings. The lowest BCUT2D eigenvalue weighted by atomic mass is 9.79. The van der Waals surface area contributed by atoms with Crippen molar-refractivity contribution in [3.05, 3.63) is 12.7 Å². The van der Waals surface area contributed by atoms with E-state index in [0.29, 0.717) is 6.61 Å². The van der Waals surface area contributed by atoms with Crippen LogP contribution in [0.5, 0.6) is 0 Å². The highest BCUT2D eigenvalue weighted by atomic mass is 16.5. The molecule has 1 saturated carbocycles. The third-order valence-electron chi connectivity index (χ3n) is 3.38. The molecule has 0 saturated heterocycles. The topological polar surface area (TPSA) is 47.6 Å². The standard InChI is InChI=1S/C14H25NO3/c1-5-10-18-12-6-8-14(9-7-12,13(16)17-4)15-11(2)3/h5,11-12,15H,1,6-10H2,2-4H3. The summed E-state index contributed by atoms with van der Waals surface area (Å²) < 4.78 is 10.6. The van der Waals surface area contributed by atoms with Crippen molar-refractivity contribution in [3.8, 4) is 0 Å². The first-order valence-corrected chi connectivity index (χ1v) is 6.62. The highest BCUT2D eigenvalue weighted by Gasteiger charge is 2.43. The lowest BCUT2D eigenvalue weighted by Gasteiger charge is -2.39. The Balaban J connectivity index is 2.61. The highest BCUT2D eigenvalue weighted by Crippen LogP contribution is 2.31. The zero-order valence-electron chi connectivity index (χ0n) is 11.7. The Hall–Kier alpha value is -0.870. The molecule has 0 spiro atoms. The van der Waals surface area contributed by atoms with Crippen molar-refractivity contribution in [3.63, 3.8) is 0 Å². The van der Waals surface area contributed by atoms with Crippen LogP contribution in [0, 0.1) is 0 Å². The maximum atomic E-state index is 12.0. The second-order valence-electron chi connectivity index (χ2n) is 5.19. The van der Waals surface area contributed by atoms with Crippen molar-refractivity contribution in [2.24, 2.45) is 0 Å². The van der Waals surface area contributed by atoms with Crippen molar-refractivity contribution < 1.29 is 14.3 Å². The third-order valence-corrected chi connectivity index (χ3v) is 3.38.